The standard InChI is InChI=1S/C18H22NO7PS3/c1-4-25-27(22,28-13-14(2)3)29-17-9-6-8-16(12-17)26-30(23,24)18-10-5-7-15(11-18)19(20)21/h5-12,14H,4,13H2,1-3H3. The molecule has 164 valence electrons. The van der Waals surface area contributed by atoms with Gasteiger partial charge in [-0.05, 0) is 48.5 Å². The van der Waals surface area contributed by atoms with Gasteiger partial charge in [0, 0.05) is 22.8 Å². The summed E-state index contributed by atoms with van der Waals surface area (Å²) in [6.45, 7) is 6.07. The minimum absolute atomic E-state index is 0.00316. The zero-order valence-corrected chi connectivity index (χ0v) is 19.9. The fourth-order valence-electron chi connectivity index (χ4n) is 2.13. The van der Waals surface area contributed by atoms with Crippen LogP contribution in [0.2, 0.25) is 0 Å². The van der Waals surface area contributed by atoms with Gasteiger partial charge in [0.05, 0.1) is 11.5 Å². The fraction of sp³-hybridized carbons (Fsp3) is 0.333. The molecule has 0 heterocycles. The molecule has 1 unspecified atom stereocenters. The second-order valence-electron chi connectivity index (χ2n) is 6.41. The van der Waals surface area contributed by atoms with E-state index in [1.165, 1.54) is 41.7 Å². The quantitative estimate of drug-likeness (QED) is 0.162. The molecule has 1 atom stereocenters. The van der Waals surface area contributed by atoms with Crippen LogP contribution in [-0.4, -0.2) is 25.7 Å². The number of nitro benzene ring substituents is 1. The van der Waals surface area contributed by atoms with E-state index in [4.69, 9.17) is 8.71 Å². The van der Waals surface area contributed by atoms with Gasteiger partial charge in [-0.2, -0.15) is 8.42 Å². The Labute approximate surface area is 184 Å². The number of non-ortho nitro benzene ring substituents is 1. The molecular weight excluding hydrogens is 469 g/mol. The molecule has 0 saturated carbocycles. The molecule has 0 aliphatic carbocycles. The third kappa shape index (κ3) is 7.31. The lowest BCUT2D eigenvalue weighted by molar-refractivity contribution is -0.385. The zero-order chi connectivity index (χ0) is 22.4. The largest absolute Gasteiger partial charge is 0.379 e. The highest BCUT2D eigenvalue weighted by Crippen LogP contribution is 2.72. The summed E-state index contributed by atoms with van der Waals surface area (Å²) in [5.41, 5.74) is -0.358. The minimum atomic E-state index is -4.28. The van der Waals surface area contributed by atoms with E-state index in [1.807, 2.05) is 13.8 Å². The van der Waals surface area contributed by atoms with Crippen LogP contribution in [0.5, 0.6) is 5.75 Å². The highest BCUT2D eigenvalue weighted by molar-refractivity contribution is 8.89. The second kappa shape index (κ2) is 10.7. The van der Waals surface area contributed by atoms with Gasteiger partial charge in [0.15, 0.2) is 0 Å². The van der Waals surface area contributed by atoms with Crippen LogP contribution in [0.1, 0.15) is 20.8 Å². The number of rotatable bonds is 11. The van der Waals surface area contributed by atoms with Gasteiger partial charge in [0.2, 0.25) is 0 Å². The summed E-state index contributed by atoms with van der Waals surface area (Å²) in [6.07, 6.45) is 0. The van der Waals surface area contributed by atoms with E-state index in [2.05, 4.69) is 0 Å². The van der Waals surface area contributed by atoms with Crippen molar-refractivity contribution in [1.29, 1.82) is 0 Å². The summed E-state index contributed by atoms with van der Waals surface area (Å²) in [5, 5.41) is 10.9. The van der Waals surface area contributed by atoms with E-state index in [1.54, 1.807) is 19.1 Å². The van der Waals surface area contributed by atoms with Gasteiger partial charge in [0.1, 0.15) is 10.6 Å². The van der Waals surface area contributed by atoms with Crippen molar-refractivity contribution < 1.29 is 26.6 Å². The molecule has 30 heavy (non-hydrogen) atoms. The molecule has 0 aromatic heterocycles. The molecular formula is C18H22NO7PS3. The van der Waals surface area contributed by atoms with Gasteiger partial charge in [-0.3, -0.25) is 14.7 Å². The van der Waals surface area contributed by atoms with Crippen molar-refractivity contribution in [2.45, 2.75) is 30.6 Å². The topological polar surface area (TPSA) is 113 Å². The Kier molecular flexibility index (Phi) is 8.81. The summed E-state index contributed by atoms with van der Waals surface area (Å²) >= 11 is 2.28. The van der Waals surface area contributed by atoms with E-state index in [9.17, 15) is 23.1 Å². The number of nitrogens with zero attached hydrogens (tertiary/aromatic N) is 1. The van der Waals surface area contributed by atoms with Crippen molar-refractivity contribution in [3.63, 3.8) is 0 Å². The molecule has 0 fully saturated rings. The summed E-state index contributed by atoms with van der Waals surface area (Å²) in [4.78, 5) is 10.4. The average molecular weight is 492 g/mol. The molecule has 0 aliphatic rings. The predicted molar refractivity (Wildman–Crippen MR) is 120 cm³/mol. The number of hydrogen-bond donors (Lipinski definition) is 0. The van der Waals surface area contributed by atoms with Crippen LogP contribution >= 0.6 is 28.5 Å². The Morgan fingerprint density at radius 2 is 1.87 bits per heavy atom. The first-order valence-electron chi connectivity index (χ1n) is 8.92. The molecule has 8 nitrogen and oxygen atoms in total. The van der Waals surface area contributed by atoms with Gasteiger partial charge >= 0.3 is 15.9 Å². The maximum Gasteiger partial charge on any atom is 0.339 e. The Balaban J connectivity index is 2.23. The van der Waals surface area contributed by atoms with Gasteiger partial charge in [0.25, 0.3) is 5.69 Å². The molecule has 0 spiro atoms. The van der Waals surface area contributed by atoms with E-state index >= 15 is 0 Å². The predicted octanol–water partition coefficient (Wildman–Crippen LogP) is 5.99. The minimum Gasteiger partial charge on any atom is -0.379 e. The van der Waals surface area contributed by atoms with Crippen LogP contribution in [0, 0.1) is 16.0 Å². The molecule has 0 aliphatic heterocycles. The fourth-order valence-corrected chi connectivity index (χ4v) is 10.2. The van der Waals surface area contributed by atoms with E-state index in [0.29, 0.717) is 16.6 Å². The molecule has 0 N–H and O–H groups in total. The summed E-state index contributed by atoms with van der Waals surface area (Å²) in [7, 11) is -4.28. The molecule has 2 aromatic carbocycles. The Morgan fingerprint density at radius 1 is 1.17 bits per heavy atom. The van der Waals surface area contributed by atoms with Crippen LogP contribution in [0.15, 0.2) is 58.3 Å². The van der Waals surface area contributed by atoms with Gasteiger partial charge < -0.3 is 8.71 Å². The smallest absolute Gasteiger partial charge is 0.339 e. The lowest BCUT2D eigenvalue weighted by atomic mass is 10.3. The molecule has 12 heteroatoms. The van der Waals surface area contributed by atoms with Gasteiger partial charge in [-0.1, -0.05) is 37.4 Å². The van der Waals surface area contributed by atoms with Crippen molar-refractivity contribution in [2.24, 2.45) is 5.92 Å². The third-order valence-electron chi connectivity index (χ3n) is 3.40. The zero-order valence-electron chi connectivity index (χ0n) is 16.6. The Morgan fingerprint density at radius 3 is 2.50 bits per heavy atom. The number of nitro groups is 1. The molecule has 0 amide bonds. The molecule has 2 rings (SSSR count). The van der Waals surface area contributed by atoms with Crippen molar-refractivity contribution >= 4 is 44.3 Å². The normalized spacial score (nSPS) is 13.7. The number of benzene rings is 2. The average Bonchev–Trinajstić information content (AvgIpc) is 2.66. The van der Waals surface area contributed by atoms with E-state index < -0.39 is 20.8 Å². The molecule has 2 aromatic rings. The molecule has 0 radical (unpaired) electrons. The Bertz CT molecular complexity index is 1040. The lowest BCUT2D eigenvalue weighted by Gasteiger charge is -2.17. The first-order valence-corrected chi connectivity index (χ1v) is 15.0. The van der Waals surface area contributed by atoms with Crippen LogP contribution in [0.4, 0.5) is 5.69 Å². The highest BCUT2D eigenvalue weighted by atomic mass is 33.1. The SMILES string of the molecule is CCOP(=O)(SCC(C)C)Sc1cccc(OS(=O)(=O)c2cccc([N+](=O)[O-])c2)c1. The van der Waals surface area contributed by atoms with Gasteiger partial charge in [-0.25, -0.2) is 0 Å². The second-order valence-corrected chi connectivity index (χ2v) is 15.3. The van der Waals surface area contributed by atoms with Crippen LogP contribution in [0.25, 0.3) is 0 Å². The molecule has 0 saturated heterocycles. The maximum atomic E-state index is 13.1. The Hall–Kier alpha value is -1.52. The van der Waals surface area contributed by atoms with E-state index in [0.717, 1.165) is 17.4 Å². The van der Waals surface area contributed by atoms with Crippen molar-refractivity contribution in [1.82, 2.24) is 0 Å². The highest BCUT2D eigenvalue weighted by Gasteiger charge is 2.27. The first kappa shape index (κ1) is 24.7. The van der Waals surface area contributed by atoms with Crippen LogP contribution in [0.3, 0.4) is 0 Å². The summed E-state index contributed by atoms with van der Waals surface area (Å²) in [5.74, 6) is -2.10. The van der Waals surface area contributed by atoms with Crippen LogP contribution in [-0.2, 0) is 19.2 Å². The molecule has 0 bridgehead atoms. The summed E-state index contributed by atoms with van der Waals surface area (Å²) in [6, 6.07) is 10.7. The van der Waals surface area contributed by atoms with Crippen molar-refractivity contribution in [2.75, 3.05) is 12.4 Å². The maximum absolute atomic E-state index is 13.1. The lowest BCUT2D eigenvalue weighted by Crippen LogP contribution is -2.10. The summed E-state index contributed by atoms with van der Waals surface area (Å²) < 4.78 is 48.7. The van der Waals surface area contributed by atoms with E-state index in [-0.39, 0.29) is 22.9 Å². The first-order chi connectivity index (χ1) is 14.0. The van der Waals surface area contributed by atoms with Crippen molar-refractivity contribution in [3.05, 3.63) is 58.6 Å². The van der Waals surface area contributed by atoms with Gasteiger partial charge in [-0.15, -0.1) is 0 Å². The monoisotopic (exact) mass is 491 g/mol. The van der Waals surface area contributed by atoms with Crippen molar-refractivity contribution in [3.8, 4) is 5.75 Å². The third-order valence-corrected chi connectivity index (χ3v) is 12.0. The van der Waals surface area contributed by atoms with Crippen LogP contribution < -0.4 is 4.18 Å². The number of hydrogen-bond acceptors (Lipinski definition) is 9.